The molecular formula is C18H23N3O2S. The minimum absolute atomic E-state index is 0.0257. The summed E-state index contributed by atoms with van der Waals surface area (Å²) in [5, 5.41) is 15.4. The average molecular weight is 345 g/mol. The van der Waals surface area contributed by atoms with Crippen LogP contribution in [0.15, 0.2) is 29.6 Å². The monoisotopic (exact) mass is 345 g/mol. The number of aliphatic hydroxyl groups excluding tert-OH is 1. The van der Waals surface area contributed by atoms with Crippen LogP contribution in [-0.4, -0.2) is 34.2 Å². The van der Waals surface area contributed by atoms with Crippen LogP contribution in [0.25, 0.3) is 0 Å². The van der Waals surface area contributed by atoms with Gasteiger partial charge in [0.1, 0.15) is 0 Å². The van der Waals surface area contributed by atoms with E-state index in [2.05, 4.69) is 22.4 Å². The van der Waals surface area contributed by atoms with Crippen LogP contribution in [0.2, 0.25) is 0 Å². The normalized spacial score (nSPS) is 17.4. The van der Waals surface area contributed by atoms with Gasteiger partial charge in [-0.3, -0.25) is 0 Å². The number of carbonyl (C=O) groups excluding carboxylic acids is 1. The molecule has 0 saturated carbocycles. The fourth-order valence-electron chi connectivity index (χ4n) is 3.29. The van der Waals surface area contributed by atoms with Gasteiger partial charge in [-0.15, -0.1) is 11.3 Å². The number of aromatic nitrogens is 1. The van der Waals surface area contributed by atoms with Crippen LogP contribution in [-0.2, 0) is 6.42 Å². The molecule has 6 heteroatoms. The van der Waals surface area contributed by atoms with E-state index in [1.54, 1.807) is 16.2 Å². The van der Waals surface area contributed by atoms with Crippen molar-refractivity contribution in [2.75, 3.05) is 13.2 Å². The minimum Gasteiger partial charge on any atom is -0.395 e. The molecule has 128 valence electrons. The summed E-state index contributed by atoms with van der Waals surface area (Å²) in [7, 11) is 0. The minimum atomic E-state index is -0.153. The Morgan fingerprint density at radius 1 is 1.50 bits per heavy atom. The molecule has 2 N–H and O–H groups in total. The van der Waals surface area contributed by atoms with Crippen molar-refractivity contribution < 1.29 is 9.90 Å². The number of hydrogen-bond donors (Lipinski definition) is 2. The fourth-order valence-corrected chi connectivity index (χ4v) is 3.99. The Labute approximate surface area is 146 Å². The topological polar surface area (TPSA) is 65.5 Å². The van der Waals surface area contributed by atoms with Crippen molar-refractivity contribution in [3.63, 3.8) is 0 Å². The smallest absolute Gasteiger partial charge is 0.318 e. The van der Waals surface area contributed by atoms with E-state index in [0.717, 1.165) is 23.5 Å². The van der Waals surface area contributed by atoms with Crippen LogP contribution in [0, 0.1) is 6.92 Å². The summed E-state index contributed by atoms with van der Waals surface area (Å²) < 4.78 is 0. The van der Waals surface area contributed by atoms with Gasteiger partial charge in [0.25, 0.3) is 0 Å². The fraction of sp³-hybridized carbons (Fsp3) is 0.444. The lowest BCUT2D eigenvalue weighted by Gasteiger charge is -2.30. The number of aliphatic hydroxyl groups is 1. The first-order valence-electron chi connectivity index (χ1n) is 8.28. The lowest BCUT2D eigenvalue weighted by molar-refractivity contribution is 0.149. The van der Waals surface area contributed by atoms with Gasteiger partial charge in [-0.05, 0) is 37.8 Å². The predicted molar refractivity (Wildman–Crippen MR) is 95.1 cm³/mol. The molecule has 0 spiro atoms. The average Bonchev–Trinajstić information content (AvgIpc) is 3.19. The van der Waals surface area contributed by atoms with Gasteiger partial charge in [-0.25, -0.2) is 9.78 Å². The zero-order valence-electron chi connectivity index (χ0n) is 14.0. The van der Waals surface area contributed by atoms with E-state index >= 15 is 0 Å². The lowest BCUT2D eigenvalue weighted by Crippen LogP contribution is -2.44. The molecule has 0 aliphatic heterocycles. The third kappa shape index (κ3) is 3.44. The first-order valence-corrected chi connectivity index (χ1v) is 9.16. The maximum atomic E-state index is 12.8. The van der Waals surface area contributed by atoms with Gasteiger partial charge in [-0.1, -0.05) is 24.3 Å². The molecule has 1 aliphatic carbocycles. The lowest BCUT2D eigenvalue weighted by atomic mass is 10.1. The standard InChI is InChI=1S/C18H23N3O2S/c1-12(16-11-24-13(2)20-16)19-18(23)21(9-10-22)17-8-7-14-5-3-4-6-15(14)17/h3-6,11-12,17,22H,7-10H2,1-2H3,(H,19,23)/t12-,17+/m1/s1. The van der Waals surface area contributed by atoms with E-state index in [0.29, 0.717) is 6.54 Å². The van der Waals surface area contributed by atoms with E-state index < -0.39 is 0 Å². The summed E-state index contributed by atoms with van der Waals surface area (Å²) in [5.74, 6) is 0. The van der Waals surface area contributed by atoms with Gasteiger partial charge in [0.15, 0.2) is 0 Å². The first-order chi connectivity index (χ1) is 11.6. The third-order valence-corrected chi connectivity index (χ3v) is 5.29. The molecule has 3 rings (SSSR count). The highest BCUT2D eigenvalue weighted by Gasteiger charge is 2.31. The number of aryl methyl sites for hydroxylation is 2. The molecule has 0 radical (unpaired) electrons. The molecule has 0 saturated heterocycles. The number of nitrogens with zero attached hydrogens (tertiary/aromatic N) is 2. The first kappa shape index (κ1) is 16.9. The molecule has 1 aliphatic rings. The van der Waals surface area contributed by atoms with Crippen molar-refractivity contribution in [1.82, 2.24) is 15.2 Å². The van der Waals surface area contributed by atoms with Crippen LogP contribution in [0.3, 0.4) is 0 Å². The molecule has 1 aromatic carbocycles. The Hall–Kier alpha value is -1.92. The predicted octanol–water partition coefficient (Wildman–Crippen LogP) is 3.20. The van der Waals surface area contributed by atoms with E-state index in [9.17, 15) is 9.90 Å². The second-order valence-electron chi connectivity index (χ2n) is 6.13. The SMILES string of the molecule is Cc1nc([C@@H](C)NC(=O)N(CCO)[C@H]2CCc3ccccc32)cs1. The maximum absolute atomic E-state index is 12.8. The van der Waals surface area contributed by atoms with E-state index in [1.807, 2.05) is 31.4 Å². The van der Waals surface area contributed by atoms with Crippen LogP contribution in [0.1, 0.15) is 47.3 Å². The highest BCUT2D eigenvalue weighted by molar-refractivity contribution is 7.09. The van der Waals surface area contributed by atoms with Crippen molar-refractivity contribution in [3.8, 4) is 0 Å². The molecule has 1 aromatic heterocycles. The second-order valence-corrected chi connectivity index (χ2v) is 7.20. The van der Waals surface area contributed by atoms with Gasteiger partial charge in [0, 0.05) is 11.9 Å². The summed E-state index contributed by atoms with van der Waals surface area (Å²) >= 11 is 1.58. The summed E-state index contributed by atoms with van der Waals surface area (Å²) in [4.78, 5) is 19.0. The molecule has 24 heavy (non-hydrogen) atoms. The molecule has 2 aromatic rings. The van der Waals surface area contributed by atoms with Crippen LogP contribution in [0.4, 0.5) is 4.79 Å². The number of rotatable bonds is 5. The zero-order valence-corrected chi connectivity index (χ0v) is 14.8. The van der Waals surface area contributed by atoms with Gasteiger partial charge >= 0.3 is 6.03 Å². The van der Waals surface area contributed by atoms with Crippen LogP contribution >= 0.6 is 11.3 Å². The molecule has 2 amide bonds. The summed E-state index contributed by atoms with van der Waals surface area (Å²) in [5.41, 5.74) is 3.36. The van der Waals surface area contributed by atoms with Crippen molar-refractivity contribution in [1.29, 1.82) is 0 Å². The number of amides is 2. The van der Waals surface area contributed by atoms with Gasteiger partial charge in [-0.2, -0.15) is 0 Å². The number of nitrogens with one attached hydrogen (secondary N) is 1. The van der Waals surface area contributed by atoms with Crippen LogP contribution < -0.4 is 5.32 Å². The Balaban J connectivity index is 1.75. The van der Waals surface area contributed by atoms with Gasteiger partial charge in [0.05, 0.1) is 29.4 Å². The quantitative estimate of drug-likeness (QED) is 0.874. The van der Waals surface area contributed by atoms with Crippen molar-refractivity contribution in [2.45, 2.75) is 38.8 Å². The van der Waals surface area contributed by atoms with E-state index in [1.165, 1.54) is 11.1 Å². The Bertz CT molecular complexity index is 716. The number of urea groups is 1. The molecule has 0 fully saturated rings. The van der Waals surface area contributed by atoms with Crippen molar-refractivity contribution in [2.24, 2.45) is 0 Å². The molecule has 2 atom stereocenters. The summed E-state index contributed by atoms with van der Waals surface area (Å²) in [6, 6.07) is 7.96. The number of thiazole rings is 1. The summed E-state index contributed by atoms with van der Waals surface area (Å²) in [6.07, 6.45) is 1.87. The highest BCUT2D eigenvalue weighted by Crippen LogP contribution is 2.35. The Morgan fingerprint density at radius 2 is 2.29 bits per heavy atom. The van der Waals surface area contributed by atoms with Gasteiger partial charge < -0.3 is 15.3 Å². The van der Waals surface area contributed by atoms with E-state index in [4.69, 9.17) is 0 Å². The largest absolute Gasteiger partial charge is 0.395 e. The zero-order chi connectivity index (χ0) is 17.1. The van der Waals surface area contributed by atoms with Crippen molar-refractivity contribution in [3.05, 3.63) is 51.5 Å². The molecule has 0 bridgehead atoms. The van der Waals surface area contributed by atoms with Crippen LogP contribution in [0.5, 0.6) is 0 Å². The molecule has 1 heterocycles. The third-order valence-electron chi connectivity index (χ3n) is 4.50. The highest BCUT2D eigenvalue weighted by atomic mass is 32.1. The number of hydrogen-bond acceptors (Lipinski definition) is 4. The Morgan fingerprint density at radius 3 is 3.00 bits per heavy atom. The summed E-state index contributed by atoms with van der Waals surface area (Å²) in [6.45, 7) is 4.17. The number of benzene rings is 1. The second kappa shape index (κ2) is 7.32. The molecular weight excluding hydrogens is 322 g/mol. The number of carbonyl (C=O) groups is 1. The molecule has 5 nitrogen and oxygen atoms in total. The number of fused-ring (bicyclic) bond motifs is 1. The Kier molecular flexibility index (Phi) is 5.16. The van der Waals surface area contributed by atoms with Gasteiger partial charge in [0.2, 0.25) is 0 Å². The maximum Gasteiger partial charge on any atom is 0.318 e. The van der Waals surface area contributed by atoms with Crippen molar-refractivity contribution >= 4 is 17.4 Å². The molecule has 0 unspecified atom stereocenters. The van der Waals surface area contributed by atoms with E-state index in [-0.39, 0.29) is 24.7 Å².